The number of hydrogen-bond acceptors (Lipinski definition) is 9. The Morgan fingerprint density at radius 2 is 1.61 bits per heavy atom. The summed E-state index contributed by atoms with van der Waals surface area (Å²) in [4.78, 5) is 62.8. The minimum atomic E-state index is -1.10. The average Bonchev–Trinajstić information content (AvgIpc) is 2.93. The number of ether oxygens (including phenoxy) is 1. The zero-order valence-electron chi connectivity index (χ0n) is 20.1. The van der Waals surface area contributed by atoms with Gasteiger partial charge in [0.05, 0.1) is 22.5 Å². The van der Waals surface area contributed by atoms with Crippen LogP contribution in [0.2, 0.25) is 0 Å². The number of nitro groups is 2. The van der Waals surface area contributed by atoms with Crippen LogP contribution >= 0.6 is 0 Å². The number of anilines is 1. The van der Waals surface area contributed by atoms with Gasteiger partial charge in [0.25, 0.3) is 23.2 Å². The minimum absolute atomic E-state index is 0.270. The number of benzene rings is 3. The molecule has 0 radical (unpaired) electrons. The van der Waals surface area contributed by atoms with E-state index < -0.39 is 51.2 Å². The van der Waals surface area contributed by atoms with E-state index in [-0.39, 0.29) is 6.54 Å². The van der Waals surface area contributed by atoms with E-state index >= 15 is 0 Å². The number of non-ortho nitro benzene ring substituents is 1. The molecular weight excluding hydrogens is 496 g/mol. The first kappa shape index (κ1) is 24.8. The molecule has 2 aliphatic rings. The van der Waals surface area contributed by atoms with Crippen molar-refractivity contribution in [2.24, 2.45) is 0 Å². The van der Waals surface area contributed by atoms with Crippen molar-refractivity contribution in [3.63, 3.8) is 0 Å². The predicted molar refractivity (Wildman–Crippen MR) is 135 cm³/mol. The number of imide groups is 1. The average molecular weight is 518 g/mol. The van der Waals surface area contributed by atoms with Gasteiger partial charge in [-0.1, -0.05) is 12.1 Å². The van der Waals surface area contributed by atoms with Gasteiger partial charge in [-0.3, -0.25) is 34.7 Å². The van der Waals surface area contributed by atoms with E-state index in [4.69, 9.17) is 4.74 Å². The fraction of sp³-hybridized carbons (Fsp3) is 0.269. The van der Waals surface area contributed by atoms with Crippen LogP contribution in [0.3, 0.4) is 0 Å². The number of nitrogens with zero attached hydrogens (tertiary/aromatic N) is 4. The first-order chi connectivity index (χ1) is 18.3. The van der Waals surface area contributed by atoms with Gasteiger partial charge in [0.2, 0.25) is 0 Å². The fourth-order valence-electron chi connectivity index (χ4n) is 5.01. The second kappa shape index (κ2) is 9.88. The Kier molecular flexibility index (Phi) is 6.45. The summed E-state index contributed by atoms with van der Waals surface area (Å²) in [7, 11) is 0. The Balaban J connectivity index is 1.35. The molecule has 5 rings (SSSR count). The van der Waals surface area contributed by atoms with Crippen LogP contribution in [0.15, 0.2) is 48.5 Å². The lowest BCUT2D eigenvalue weighted by molar-refractivity contribution is -0.394. The number of esters is 1. The molecule has 0 bridgehead atoms. The van der Waals surface area contributed by atoms with E-state index in [1.165, 1.54) is 6.42 Å². The molecule has 2 aliphatic heterocycles. The summed E-state index contributed by atoms with van der Waals surface area (Å²) in [6.07, 6.45) is 3.33. The van der Waals surface area contributed by atoms with Crippen molar-refractivity contribution in [2.45, 2.75) is 19.3 Å². The van der Waals surface area contributed by atoms with Crippen molar-refractivity contribution in [3.05, 3.63) is 85.4 Å². The molecule has 0 N–H and O–H groups in total. The predicted octanol–water partition coefficient (Wildman–Crippen LogP) is 4.10. The van der Waals surface area contributed by atoms with E-state index in [9.17, 15) is 34.6 Å². The standard InChI is InChI=1S/C26H22N4O8/c31-24-19-6-4-5-17-21(27-11-2-1-3-12-27)10-9-20(23(17)19)25(32)28(24)13-14-38-26(33)18-8-7-16(29(34)35)15-22(18)30(36)37/h4-10,15H,1-3,11-14H2. The van der Waals surface area contributed by atoms with Gasteiger partial charge in [0.15, 0.2) is 0 Å². The summed E-state index contributed by atoms with van der Waals surface area (Å²) in [6, 6.07) is 11.5. The molecule has 0 spiro atoms. The molecule has 0 atom stereocenters. The number of carbonyl (C=O) groups is 3. The van der Waals surface area contributed by atoms with Crippen LogP contribution in [0.1, 0.15) is 50.3 Å². The highest BCUT2D eigenvalue weighted by molar-refractivity contribution is 6.26. The summed E-state index contributed by atoms with van der Waals surface area (Å²) >= 11 is 0. The summed E-state index contributed by atoms with van der Waals surface area (Å²) in [5.74, 6) is -2.15. The number of rotatable bonds is 7. The summed E-state index contributed by atoms with van der Waals surface area (Å²) in [5, 5.41) is 23.7. The Labute approximate surface area is 215 Å². The largest absolute Gasteiger partial charge is 0.460 e. The third-order valence-corrected chi connectivity index (χ3v) is 6.82. The minimum Gasteiger partial charge on any atom is -0.460 e. The smallest absolute Gasteiger partial charge is 0.345 e. The van der Waals surface area contributed by atoms with Gasteiger partial charge in [0, 0.05) is 46.7 Å². The second-order valence-corrected chi connectivity index (χ2v) is 9.02. The van der Waals surface area contributed by atoms with Gasteiger partial charge in [-0.15, -0.1) is 0 Å². The molecule has 0 aliphatic carbocycles. The molecule has 1 saturated heterocycles. The molecule has 38 heavy (non-hydrogen) atoms. The van der Waals surface area contributed by atoms with Gasteiger partial charge in [-0.25, -0.2) is 4.79 Å². The monoisotopic (exact) mass is 518 g/mol. The van der Waals surface area contributed by atoms with Gasteiger partial charge in [0.1, 0.15) is 12.2 Å². The van der Waals surface area contributed by atoms with Gasteiger partial charge in [-0.2, -0.15) is 0 Å². The summed E-state index contributed by atoms with van der Waals surface area (Å²) in [6.45, 7) is 1.13. The van der Waals surface area contributed by atoms with E-state index in [0.717, 1.165) is 54.0 Å². The molecular formula is C26H22N4O8. The SMILES string of the molecule is O=C(OCCN1C(=O)c2cccc3c(N4CCCCC4)ccc(c23)C1=O)c1ccc([N+](=O)[O-])cc1[N+](=O)[O-]. The molecule has 2 heterocycles. The summed E-state index contributed by atoms with van der Waals surface area (Å²) < 4.78 is 5.11. The van der Waals surface area contributed by atoms with Crippen molar-refractivity contribution in [3.8, 4) is 0 Å². The molecule has 0 aromatic heterocycles. The lowest BCUT2D eigenvalue weighted by atomic mass is 9.92. The number of amides is 2. The maximum atomic E-state index is 13.3. The van der Waals surface area contributed by atoms with Crippen LogP contribution in [0.4, 0.5) is 17.1 Å². The molecule has 0 saturated carbocycles. The topological polar surface area (TPSA) is 153 Å². The normalized spacial score (nSPS) is 15.1. The Morgan fingerprint density at radius 1 is 0.895 bits per heavy atom. The molecule has 3 aromatic carbocycles. The molecule has 0 unspecified atom stereocenters. The van der Waals surface area contributed by atoms with Crippen molar-refractivity contribution in [1.82, 2.24) is 4.90 Å². The van der Waals surface area contributed by atoms with E-state index in [1.54, 1.807) is 18.2 Å². The molecule has 1 fully saturated rings. The van der Waals surface area contributed by atoms with E-state index in [0.29, 0.717) is 22.6 Å². The molecule has 12 heteroatoms. The van der Waals surface area contributed by atoms with E-state index in [1.807, 2.05) is 12.1 Å². The Bertz CT molecular complexity index is 1490. The highest BCUT2D eigenvalue weighted by atomic mass is 16.6. The van der Waals surface area contributed by atoms with Crippen molar-refractivity contribution < 1.29 is 29.0 Å². The zero-order chi connectivity index (χ0) is 27.0. The second-order valence-electron chi connectivity index (χ2n) is 9.02. The maximum Gasteiger partial charge on any atom is 0.345 e. The van der Waals surface area contributed by atoms with Gasteiger partial charge < -0.3 is 9.64 Å². The number of piperidine rings is 1. The van der Waals surface area contributed by atoms with Crippen LogP contribution in [-0.4, -0.2) is 58.8 Å². The fourth-order valence-corrected chi connectivity index (χ4v) is 5.01. The lowest BCUT2D eigenvalue weighted by Gasteiger charge is -2.32. The molecule has 3 aromatic rings. The number of hydrogen-bond donors (Lipinski definition) is 0. The van der Waals surface area contributed by atoms with Crippen molar-refractivity contribution >= 4 is 45.6 Å². The van der Waals surface area contributed by atoms with E-state index in [2.05, 4.69) is 4.90 Å². The highest BCUT2D eigenvalue weighted by Crippen LogP contribution is 2.37. The Morgan fingerprint density at radius 3 is 2.29 bits per heavy atom. The Hall–Kier alpha value is -4.87. The molecule has 194 valence electrons. The zero-order valence-corrected chi connectivity index (χ0v) is 20.1. The quantitative estimate of drug-likeness (QED) is 0.195. The van der Waals surface area contributed by atoms with Crippen LogP contribution in [0.25, 0.3) is 10.8 Å². The number of nitro benzene ring substituents is 2. The van der Waals surface area contributed by atoms with Crippen LogP contribution in [0.5, 0.6) is 0 Å². The lowest BCUT2D eigenvalue weighted by Crippen LogP contribution is -2.42. The maximum absolute atomic E-state index is 13.3. The first-order valence-corrected chi connectivity index (χ1v) is 12.0. The van der Waals surface area contributed by atoms with Gasteiger partial charge in [-0.05, 0) is 43.5 Å². The van der Waals surface area contributed by atoms with Crippen LogP contribution in [-0.2, 0) is 4.74 Å². The first-order valence-electron chi connectivity index (χ1n) is 12.0. The highest BCUT2D eigenvalue weighted by Gasteiger charge is 2.34. The van der Waals surface area contributed by atoms with Crippen molar-refractivity contribution in [2.75, 3.05) is 31.1 Å². The summed E-state index contributed by atoms with van der Waals surface area (Å²) in [5.41, 5.74) is -0.0784. The molecule has 12 nitrogen and oxygen atoms in total. The van der Waals surface area contributed by atoms with Crippen LogP contribution in [0, 0.1) is 20.2 Å². The third-order valence-electron chi connectivity index (χ3n) is 6.82. The van der Waals surface area contributed by atoms with Crippen molar-refractivity contribution in [1.29, 1.82) is 0 Å². The number of carbonyl (C=O) groups excluding carboxylic acids is 3. The van der Waals surface area contributed by atoms with Gasteiger partial charge >= 0.3 is 5.97 Å². The third kappa shape index (κ3) is 4.29. The molecule has 2 amide bonds. The van der Waals surface area contributed by atoms with Crippen LogP contribution < -0.4 is 4.90 Å².